The highest BCUT2D eigenvalue weighted by molar-refractivity contribution is 9.10. The Bertz CT molecular complexity index is 428. The van der Waals surface area contributed by atoms with Crippen molar-refractivity contribution in [1.82, 2.24) is 0 Å². The van der Waals surface area contributed by atoms with Gasteiger partial charge in [0.2, 0.25) is 0 Å². The second-order valence-corrected chi connectivity index (χ2v) is 6.20. The van der Waals surface area contributed by atoms with E-state index in [2.05, 4.69) is 34.8 Å². The molecule has 0 amide bonds. The van der Waals surface area contributed by atoms with Gasteiger partial charge in [0.1, 0.15) is 5.82 Å². The standard InChI is InChI=1S/C14H20BrFN2/c1-9-3-5-10(6-4-9)18(2)14-7-11(15)12(16)8-13(14)17/h7-10H,3-6,17H2,1-2H3. The van der Waals surface area contributed by atoms with Crippen molar-refractivity contribution < 1.29 is 4.39 Å². The Hall–Kier alpha value is -0.770. The van der Waals surface area contributed by atoms with Gasteiger partial charge in [-0.2, -0.15) is 0 Å². The van der Waals surface area contributed by atoms with Gasteiger partial charge in [0, 0.05) is 19.2 Å². The molecule has 1 aromatic carbocycles. The molecule has 4 heteroatoms. The third-order valence-electron chi connectivity index (χ3n) is 3.98. The smallest absolute Gasteiger partial charge is 0.139 e. The van der Waals surface area contributed by atoms with Gasteiger partial charge >= 0.3 is 0 Å². The Morgan fingerprint density at radius 2 is 1.89 bits per heavy atom. The molecule has 0 aliphatic heterocycles. The van der Waals surface area contributed by atoms with Crippen LogP contribution in [0.25, 0.3) is 0 Å². The summed E-state index contributed by atoms with van der Waals surface area (Å²) in [6.07, 6.45) is 4.90. The Labute approximate surface area is 116 Å². The van der Waals surface area contributed by atoms with E-state index >= 15 is 0 Å². The maximum Gasteiger partial charge on any atom is 0.139 e. The fourth-order valence-electron chi connectivity index (χ4n) is 2.68. The molecule has 0 bridgehead atoms. The van der Waals surface area contributed by atoms with Crippen LogP contribution in [0.3, 0.4) is 0 Å². The monoisotopic (exact) mass is 314 g/mol. The molecule has 0 aromatic heterocycles. The van der Waals surface area contributed by atoms with E-state index in [0.29, 0.717) is 16.2 Å². The van der Waals surface area contributed by atoms with Crippen molar-refractivity contribution in [3.63, 3.8) is 0 Å². The van der Waals surface area contributed by atoms with E-state index in [9.17, 15) is 4.39 Å². The molecule has 0 atom stereocenters. The van der Waals surface area contributed by atoms with E-state index in [0.717, 1.165) is 11.6 Å². The summed E-state index contributed by atoms with van der Waals surface area (Å²) in [5, 5.41) is 0. The Kier molecular flexibility index (Phi) is 4.15. The molecule has 18 heavy (non-hydrogen) atoms. The summed E-state index contributed by atoms with van der Waals surface area (Å²) in [6, 6.07) is 3.69. The van der Waals surface area contributed by atoms with Crippen molar-refractivity contribution in [3.8, 4) is 0 Å². The van der Waals surface area contributed by atoms with Gasteiger partial charge < -0.3 is 10.6 Å². The molecule has 1 aliphatic rings. The fraction of sp³-hybridized carbons (Fsp3) is 0.571. The predicted octanol–water partition coefficient (Wildman–Crippen LogP) is 4.19. The lowest BCUT2D eigenvalue weighted by Crippen LogP contribution is -2.35. The second-order valence-electron chi connectivity index (χ2n) is 5.35. The first-order valence-electron chi connectivity index (χ1n) is 6.46. The summed E-state index contributed by atoms with van der Waals surface area (Å²) < 4.78 is 13.8. The Morgan fingerprint density at radius 3 is 2.50 bits per heavy atom. The van der Waals surface area contributed by atoms with Crippen LogP contribution in [0.2, 0.25) is 0 Å². The SMILES string of the molecule is CC1CCC(N(C)c2cc(Br)c(F)cc2N)CC1. The molecule has 100 valence electrons. The summed E-state index contributed by atoms with van der Waals surface area (Å²) in [5.41, 5.74) is 7.35. The molecule has 1 aromatic rings. The molecule has 2 rings (SSSR count). The van der Waals surface area contributed by atoms with E-state index in [1.54, 1.807) is 6.07 Å². The molecule has 0 spiro atoms. The number of halogens is 2. The maximum absolute atomic E-state index is 13.4. The van der Waals surface area contributed by atoms with Crippen molar-refractivity contribution in [2.75, 3.05) is 17.7 Å². The average Bonchev–Trinajstić information content (AvgIpc) is 2.34. The van der Waals surface area contributed by atoms with Gasteiger partial charge in [-0.15, -0.1) is 0 Å². The zero-order valence-electron chi connectivity index (χ0n) is 10.9. The van der Waals surface area contributed by atoms with Gasteiger partial charge in [0.25, 0.3) is 0 Å². The lowest BCUT2D eigenvalue weighted by Gasteiger charge is -2.35. The van der Waals surface area contributed by atoms with Crippen molar-refractivity contribution in [1.29, 1.82) is 0 Å². The van der Waals surface area contributed by atoms with Crippen molar-refractivity contribution in [2.24, 2.45) is 5.92 Å². The first kappa shape index (κ1) is 13.7. The molecule has 2 N–H and O–H groups in total. The third-order valence-corrected chi connectivity index (χ3v) is 4.59. The normalized spacial score (nSPS) is 24.0. The molecular weight excluding hydrogens is 295 g/mol. The van der Waals surface area contributed by atoms with Crippen LogP contribution in [0, 0.1) is 11.7 Å². The highest BCUT2D eigenvalue weighted by atomic mass is 79.9. The van der Waals surface area contributed by atoms with Crippen molar-refractivity contribution in [3.05, 3.63) is 22.4 Å². The van der Waals surface area contributed by atoms with Gasteiger partial charge in [0.05, 0.1) is 15.8 Å². The van der Waals surface area contributed by atoms with Crippen molar-refractivity contribution in [2.45, 2.75) is 38.6 Å². The molecular formula is C14H20BrFN2. The van der Waals surface area contributed by atoms with Crippen LogP contribution in [0.4, 0.5) is 15.8 Å². The third kappa shape index (κ3) is 2.79. The number of nitrogens with zero attached hydrogens (tertiary/aromatic N) is 1. The highest BCUT2D eigenvalue weighted by Crippen LogP contribution is 2.34. The summed E-state index contributed by atoms with van der Waals surface area (Å²) in [4.78, 5) is 2.20. The number of nitrogen functional groups attached to an aromatic ring is 1. The summed E-state index contributed by atoms with van der Waals surface area (Å²) in [5.74, 6) is 0.522. The molecule has 1 fully saturated rings. The average molecular weight is 315 g/mol. The maximum atomic E-state index is 13.4. The molecule has 0 saturated heterocycles. The van der Waals surface area contributed by atoms with Gasteiger partial charge in [-0.25, -0.2) is 4.39 Å². The largest absolute Gasteiger partial charge is 0.397 e. The van der Waals surface area contributed by atoms with Crippen LogP contribution in [0.15, 0.2) is 16.6 Å². The van der Waals surface area contributed by atoms with Crippen LogP contribution in [-0.2, 0) is 0 Å². The number of hydrogen-bond donors (Lipinski definition) is 1. The molecule has 0 radical (unpaired) electrons. The van der Waals surface area contributed by atoms with Crippen molar-refractivity contribution >= 4 is 27.3 Å². The topological polar surface area (TPSA) is 29.3 Å². The molecule has 2 nitrogen and oxygen atoms in total. The Morgan fingerprint density at radius 1 is 1.28 bits per heavy atom. The zero-order chi connectivity index (χ0) is 13.3. The minimum absolute atomic E-state index is 0.304. The first-order chi connectivity index (χ1) is 8.49. The minimum Gasteiger partial charge on any atom is -0.397 e. The highest BCUT2D eigenvalue weighted by Gasteiger charge is 2.23. The summed E-state index contributed by atoms with van der Waals surface area (Å²) in [6.45, 7) is 2.30. The van der Waals surface area contributed by atoms with Crippen LogP contribution in [-0.4, -0.2) is 13.1 Å². The molecule has 0 heterocycles. The number of benzene rings is 1. The van der Waals surface area contributed by atoms with E-state index in [1.807, 2.05) is 0 Å². The summed E-state index contributed by atoms with van der Waals surface area (Å²) in [7, 11) is 2.05. The quantitative estimate of drug-likeness (QED) is 0.829. The first-order valence-corrected chi connectivity index (χ1v) is 7.25. The number of anilines is 2. The van der Waals surface area contributed by atoms with Crippen LogP contribution in [0.1, 0.15) is 32.6 Å². The van der Waals surface area contributed by atoms with Gasteiger partial charge in [-0.3, -0.25) is 0 Å². The summed E-state index contributed by atoms with van der Waals surface area (Å²) >= 11 is 3.22. The molecule has 0 unspecified atom stereocenters. The number of nitrogens with two attached hydrogens (primary N) is 1. The second kappa shape index (κ2) is 5.47. The van der Waals surface area contributed by atoms with E-state index in [-0.39, 0.29) is 5.82 Å². The molecule has 1 aliphatic carbocycles. The van der Waals surface area contributed by atoms with Gasteiger partial charge in [0.15, 0.2) is 0 Å². The minimum atomic E-state index is -0.304. The van der Waals surface area contributed by atoms with E-state index < -0.39 is 0 Å². The lowest BCUT2D eigenvalue weighted by atomic mass is 9.86. The number of rotatable bonds is 2. The van der Waals surface area contributed by atoms with Gasteiger partial charge in [-0.05, 0) is 53.6 Å². The molecule has 1 saturated carbocycles. The lowest BCUT2D eigenvalue weighted by molar-refractivity contribution is 0.341. The fourth-order valence-corrected chi connectivity index (χ4v) is 3.01. The van der Waals surface area contributed by atoms with Crippen LogP contribution >= 0.6 is 15.9 Å². The van der Waals surface area contributed by atoms with E-state index in [1.165, 1.54) is 31.7 Å². The van der Waals surface area contributed by atoms with Gasteiger partial charge in [-0.1, -0.05) is 6.92 Å². The predicted molar refractivity (Wildman–Crippen MR) is 78.3 cm³/mol. The van der Waals surface area contributed by atoms with Crippen LogP contribution < -0.4 is 10.6 Å². The van der Waals surface area contributed by atoms with E-state index in [4.69, 9.17) is 5.73 Å². The van der Waals surface area contributed by atoms with Crippen LogP contribution in [0.5, 0.6) is 0 Å². The number of hydrogen-bond acceptors (Lipinski definition) is 2. The Balaban J connectivity index is 2.18. The zero-order valence-corrected chi connectivity index (χ0v) is 12.5.